The first-order valence-electron chi connectivity index (χ1n) is 9.22. The van der Waals surface area contributed by atoms with Gasteiger partial charge in [-0.15, -0.1) is 0 Å². The van der Waals surface area contributed by atoms with Crippen molar-refractivity contribution in [1.29, 1.82) is 0 Å². The SMILES string of the molecule is C[C@@H](Oc1ccc(Cl)cc1Cl)c1nc2ccccc2n1C1CCCCC1. The van der Waals surface area contributed by atoms with Crippen molar-refractivity contribution >= 4 is 34.2 Å². The van der Waals surface area contributed by atoms with E-state index >= 15 is 0 Å². The van der Waals surface area contributed by atoms with Crippen LogP contribution in [-0.4, -0.2) is 9.55 Å². The maximum Gasteiger partial charge on any atom is 0.154 e. The molecule has 3 nitrogen and oxygen atoms in total. The lowest BCUT2D eigenvalue weighted by Gasteiger charge is -2.27. The number of ether oxygens (including phenoxy) is 1. The molecular formula is C21H22Cl2N2O. The van der Waals surface area contributed by atoms with Crippen molar-refractivity contribution in [1.82, 2.24) is 9.55 Å². The molecule has 1 heterocycles. The largest absolute Gasteiger partial charge is 0.481 e. The third-order valence-corrected chi connectivity index (χ3v) is 5.65. The minimum absolute atomic E-state index is 0.206. The molecule has 26 heavy (non-hydrogen) atoms. The Kier molecular flexibility index (Phi) is 5.10. The van der Waals surface area contributed by atoms with E-state index in [-0.39, 0.29) is 6.10 Å². The van der Waals surface area contributed by atoms with Crippen LogP contribution in [0.5, 0.6) is 5.75 Å². The lowest BCUT2D eigenvalue weighted by atomic mass is 9.95. The molecule has 2 aromatic carbocycles. The molecule has 1 aliphatic rings. The molecule has 1 aromatic heterocycles. The second kappa shape index (κ2) is 7.50. The summed E-state index contributed by atoms with van der Waals surface area (Å²) in [5.41, 5.74) is 2.21. The summed E-state index contributed by atoms with van der Waals surface area (Å²) in [6, 6.07) is 14.1. The van der Waals surface area contributed by atoms with Gasteiger partial charge >= 0.3 is 0 Å². The fourth-order valence-electron chi connectivity index (χ4n) is 3.89. The third-order valence-electron chi connectivity index (χ3n) is 5.12. The molecule has 0 amide bonds. The van der Waals surface area contributed by atoms with Crippen LogP contribution in [-0.2, 0) is 0 Å². The molecule has 5 heteroatoms. The number of aromatic nitrogens is 2. The van der Waals surface area contributed by atoms with Crippen molar-refractivity contribution in [3.8, 4) is 5.75 Å². The summed E-state index contributed by atoms with van der Waals surface area (Å²) in [4.78, 5) is 4.90. The summed E-state index contributed by atoms with van der Waals surface area (Å²) in [7, 11) is 0. The normalized spacial score (nSPS) is 16.7. The monoisotopic (exact) mass is 388 g/mol. The standard InChI is InChI=1S/C21H22Cl2N2O/c1-14(26-20-12-11-15(22)13-17(20)23)21-24-18-9-5-6-10-19(18)25(21)16-7-3-2-4-8-16/h5-6,9-14,16H,2-4,7-8H2,1H3/t14-/m1/s1. The van der Waals surface area contributed by atoms with Gasteiger partial charge in [0.15, 0.2) is 11.9 Å². The zero-order chi connectivity index (χ0) is 18.1. The van der Waals surface area contributed by atoms with Gasteiger partial charge in [-0.1, -0.05) is 54.6 Å². The number of hydrogen-bond acceptors (Lipinski definition) is 2. The number of halogens is 2. The Morgan fingerprint density at radius 3 is 2.62 bits per heavy atom. The Morgan fingerprint density at radius 2 is 1.85 bits per heavy atom. The Balaban J connectivity index is 1.72. The highest BCUT2D eigenvalue weighted by atomic mass is 35.5. The summed E-state index contributed by atoms with van der Waals surface area (Å²) in [6.45, 7) is 2.03. The second-order valence-electron chi connectivity index (χ2n) is 6.96. The molecule has 0 bridgehead atoms. The van der Waals surface area contributed by atoms with E-state index in [0.717, 1.165) is 11.3 Å². The molecule has 0 aliphatic heterocycles. The molecule has 1 fully saturated rings. The minimum atomic E-state index is -0.206. The van der Waals surface area contributed by atoms with Gasteiger partial charge in [-0.25, -0.2) is 4.98 Å². The maximum atomic E-state index is 6.29. The summed E-state index contributed by atoms with van der Waals surface area (Å²) in [6.07, 6.45) is 6.06. The highest BCUT2D eigenvalue weighted by molar-refractivity contribution is 6.35. The number of fused-ring (bicyclic) bond motifs is 1. The molecule has 0 saturated heterocycles. The van der Waals surface area contributed by atoms with Crippen LogP contribution in [0.4, 0.5) is 0 Å². The maximum absolute atomic E-state index is 6.29. The number of rotatable bonds is 4. The Bertz CT molecular complexity index is 916. The van der Waals surface area contributed by atoms with Crippen LogP contribution in [0.3, 0.4) is 0 Å². The van der Waals surface area contributed by atoms with E-state index in [1.54, 1.807) is 12.1 Å². The predicted octanol–water partition coefficient (Wildman–Crippen LogP) is 6.99. The van der Waals surface area contributed by atoms with E-state index in [2.05, 4.69) is 22.8 Å². The summed E-state index contributed by atoms with van der Waals surface area (Å²) < 4.78 is 8.57. The zero-order valence-electron chi connectivity index (χ0n) is 14.8. The molecule has 3 aromatic rings. The molecule has 4 rings (SSSR count). The first kappa shape index (κ1) is 17.7. The molecule has 1 aliphatic carbocycles. The van der Waals surface area contributed by atoms with E-state index < -0.39 is 0 Å². The zero-order valence-corrected chi connectivity index (χ0v) is 16.3. The second-order valence-corrected chi connectivity index (χ2v) is 7.80. The van der Waals surface area contributed by atoms with Crippen LogP contribution in [0.1, 0.15) is 57.0 Å². The van der Waals surface area contributed by atoms with Crippen molar-refractivity contribution in [2.45, 2.75) is 51.2 Å². The number of para-hydroxylation sites is 2. The summed E-state index contributed by atoms with van der Waals surface area (Å²) in [5.74, 6) is 1.59. The quantitative estimate of drug-likeness (QED) is 0.481. The van der Waals surface area contributed by atoms with Gasteiger partial charge in [0.1, 0.15) is 5.75 Å². The number of benzene rings is 2. The number of nitrogens with zero attached hydrogens (tertiary/aromatic N) is 2. The van der Waals surface area contributed by atoms with E-state index in [0.29, 0.717) is 21.8 Å². The van der Waals surface area contributed by atoms with E-state index in [1.807, 2.05) is 19.1 Å². The predicted molar refractivity (Wildman–Crippen MR) is 107 cm³/mol. The van der Waals surface area contributed by atoms with Gasteiger partial charge in [-0.05, 0) is 50.1 Å². The summed E-state index contributed by atoms with van der Waals surface area (Å²) in [5, 5.41) is 1.12. The van der Waals surface area contributed by atoms with Crippen LogP contribution < -0.4 is 4.74 Å². The van der Waals surface area contributed by atoms with Gasteiger partial charge in [0.2, 0.25) is 0 Å². The third kappa shape index (κ3) is 3.43. The van der Waals surface area contributed by atoms with E-state index in [4.69, 9.17) is 32.9 Å². The van der Waals surface area contributed by atoms with Crippen LogP contribution in [0.25, 0.3) is 11.0 Å². The molecular weight excluding hydrogens is 367 g/mol. The minimum Gasteiger partial charge on any atom is -0.481 e. The molecule has 136 valence electrons. The van der Waals surface area contributed by atoms with Crippen molar-refractivity contribution in [2.75, 3.05) is 0 Å². The Morgan fingerprint density at radius 1 is 1.08 bits per heavy atom. The van der Waals surface area contributed by atoms with Crippen molar-refractivity contribution in [3.05, 3.63) is 58.3 Å². The highest BCUT2D eigenvalue weighted by Gasteiger charge is 2.25. The average molecular weight is 389 g/mol. The van der Waals surface area contributed by atoms with Gasteiger partial charge in [-0.2, -0.15) is 0 Å². The summed E-state index contributed by atoms with van der Waals surface area (Å²) >= 11 is 12.3. The first-order chi connectivity index (χ1) is 12.6. The van der Waals surface area contributed by atoms with Crippen molar-refractivity contribution in [3.63, 3.8) is 0 Å². The van der Waals surface area contributed by atoms with Gasteiger partial charge in [0.25, 0.3) is 0 Å². The number of hydrogen-bond donors (Lipinski definition) is 0. The molecule has 0 unspecified atom stereocenters. The van der Waals surface area contributed by atoms with Crippen LogP contribution in [0.15, 0.2) is 42.5 Å². The topological polar surface area (TPSA) is 27.1 Å². The molecule has 0 radical (unpaired) electrons. The lowest BCUT2D eigenvalue weighted by Crippen LogP contribution is -2.19. The average Bonchev–Trinajstić information content (AvgIpc) is 3.04. The molecule has 1 saturated carbocycles. The smallest absolute Gasteiger partial charge is 0.154 e. The Labute approximate surface area is 163 Å². The van der Waals surface area contributed by atoms with Gasteiger partial charge in [0.05, 0.1) is 16.1 Å². The van der Waals surface area contributed by atoms with Gasteiger partial charge < -0.3 is 9.30 Å². The Hall–Kier alpha value is -1.71. The van der Waals surface area contributed by atoms with Crippen LogP contribution >= 0.6 is 23.2 Å². The highest BCUT2D eigenvalue weighted by Crippen LogP contribution is 2.36. The number of imidazole rings is 1. The van der Waals surface area contributed by atoms with E-state index in [9.17, 15) is 0 Å². The molecule has 1 atom stereocenters. The fraction of sp³-hybridized carbons (Fsp3) is 0.381. The first-order valence-corrected chi connectivity index (χ1v) is 9.97. The molecule has 0 spiro atoms. The van der Waals surface area contributed by atoms with Crippen molar-refractivity contribution in [2.24, 2.45) is 0 Å². The van der Waals surface area contributed by atoms with Crippen LogP contribution in [0.2, 0.25) is 10.0 Å². The molecule has 0 N–H and O–H groups in total. The van der Waals surface area contributed by atoms with Crippen LogP contribution in [0, 0.1) is 0 Å². The van der Waals surface area contributed by atoms with Gasteiger partial charge in [-0.3, -0.25) is 0 Å². The van der Waals surface area contributed by atoms with E-state index in [1.165, 1.54) is 37.6 Å². The van der Waals surface area contributed by atoms with Gasteiger partial charge in [0, 0.05) is 11.1 Å². The van der Waals surface area contributed by atoms with Crippen molar-refractivity contribution < 1.29 is 4.74 Å². The lowest BCUT2D eigenvalue weighted by molar-refractivity contribution is 0.204. The fourth-order valence-corrected chi connectivity index (χ4v) is 4.34.